The van der Waals surface area contributed by atoms with E-state index in [0.717, 1.165) is 57.6 Å². The summed E-state index contributed by atoms with van der Waals surface area (Å²) in [6.45, 7) is 7.49. The number of carbonyl (C=O) groups is 3. The van der Waals surface area contributed by atoms with E-state index in [9.17, 15) is 14.4 Å². The van der Waals surface area contributed by atoms with Gasteiger partial charge in [-0.1, -0.05) is 54.6 Å². The molecule has 2 N–H and O–H groups in total. The van der Waals surface area contributed by atoms with E-state index >= 15 is 0 Å². The number of rotatable bonds is 9. The summed E-state index contributed by atoms with van der Waals surface area (Å²) in [4.78, 5) is 45.5. The van der Waals surface area contributed by atoms with Crippen LogP contribution in [-0.2, 0) is 51.3 Å². The molecule has 224 valence electrons. The van der Waals surface area contributed by atoms with Crippen LogP contribution in [0.25, 0.3) is 11.1 Å². The summed E-state index contributed by atoms with van der Waals surface area (Å²) >= 11 is 0. The number of benzene rings is 2. The van der Waals surface area contributed by atoms with Crippen LogP contribution in [0.1, 0.15) is 87.4 Å². The molecule has 1 aliphatic carbocycles. The minimum absolute atomic E-state index is 0.164. The minimum Gasteiger partial charge on any atom is -0.469 e. The third kappa shape index (κ3) is 6.58. The molecule has 0 atom stereocenters. The Balaban J connectivity index is 1.54. The van der Waals surface area contributed by atoms with E-state index in [-0.39, 0.29) is 19.0 Å². The Bertz CT molecular complexity index is 1660. The van der Waals surface area contributed by atoms with E-state index in [0.29, 0.717) is 24.2 Å². The van der Waals surface area contributed by atoms with Gasteiger partial charge in [0, 0.05) is 29.8 Å². The van der Waals surface area contributed by atoms with E-state index in [2.05, 4.69) is 16.0 Å². The van der Waals surface area contributed by atoms with Gasteiger partial charge in [0.15, 0.2) is 0 Å². The lowest BCUT2D eigenvalue weighted by Gasteiger charge is -2.19. The lowest BCUT2D eigenvalue weighted by atomic mass is 9.85. The fourth-order valence-corrected chi connectivity index (χ4v) is 5.73. The Kier molecular flexibility index (Phi) is 8.57. The van der Waals surface area contributed by atoms with Crippen LogP contribution in [0, 0.1) is 6.92 Å². The van der Waals surface area contributed by atoms with Gasteiger partial charge in [-0.25, -0.2) is 9.59 Å². The van der Waals surface area contributed by atoms with E-state index in [1.54, 1.807) is 0 Å². The molecule has 0 saturated heterocycles. The van der Waals surface area contributed by atoms with Crippen LogP contribution in [0.3, 0.4) is 0 Å². The molecule has 2 heterocycles. The van der Waals surface area contributed by atoms with Crippen LogP contribution in [-0.4, -0.2) is 40.6 Å². The first-order chi connectivity index (χ1) is 20.6. The van der Waals surface area contributed by atoms with E-state index in [1.165, 1.54) is 12.7 Å². The molecule has 0 radical (unpaired) electrons. The molecule has 8 heteroatoms. The van der Waals surface area contributed by atoms with Crippen LogP contribution in [0.4, 0.5) is 0 Å². The molecule has 43 heavy (non-hydrogen) atoms. The van der Waals surface area contributed by atoms with Crippen LogP contribution in [0.2, 0.25) is 0 Å². The third-order valence-corrected chi connectivity index (χ3v) is 7.77. The number of nitrogens with one attached hydrogen (secondary N) is 2. The smallest absolute Gasteiger partial charge is 0.355 e. The number of esters is 3. The predicted octanol–water partition coefficient (Wildman–Crippen LogP) is 6.43. The number of aryl methyl sites for hydroxylation is 1. The summed E-state index contributed by atoms with van der Waals surface area (Å²) in [6.07, 6.45) is 2.56. The number of hydrogen-bond donors (Lipinski definition) is 2. The molecule has 8 nitrogen and oxygen atoms in total. The molecule has 1 aliphatic rings. The lowest BCUT2D eigenvalue weighted by Crippen LogP contribution is -2.24. The van der Waals surface area contributed by atoms with Gasteiger partial charge in [-0.3, -0.25) is 4.79 Å². The quantitative estimate of drug-likeness (QED) is 0.174. The molecule has 0 unspecified atom stereocenters. The SMILES string of the molecule is COC(=O)CCc1c(Cc2[nH]c(C(=O)OCc3ccccc3)c3c2CCc2ccccc2-3)[nH]c(C(=O)OC(C)(C)C)c1C. The highest BCUT2D eigenvalue weighted by molar-refractivity contribution is 5.98. The van der Waals surface area contributed by atoms with E-state index < -0.39 is 17.5 Å². The first-order valence-corrected chi connectivity index (χ1v) is 14.6. The van der Waals surface area contributed by atoms with Crippen molar-refractivity contribution < 1.29 is 28.6 Å². The number of hydrogen-bond acceptors (Lipinski definition) is 6. The van der Waals surface area contributed by atoms with Crippen molar-refractivity contribution >= 4 is 17.9 Å². The Morgan fingerprint density at radius 3 is 2.28 bits per heavy atom. The zero-order valence-corrected chi connectivity index (χ0v) is 25.4. The van der Waals surface area contributed by atoms with Gasteiger partial charge in [0.25, 0.3) is 0 Å². The van der Waals surface area contributed by atoms with Gasteiger partial charge in [-0.05, 0) is 80.3 Å². The van der Waals surface area contributed by atoms with Gasteiger partial charge in [-0.2, -0.15) is 0 Å². The number of aromatic nitrogens is 2. The van der Waals surface area contributed by atoms with Crippen molar-refractivity contribution in [3.63, 3.8) is 0 Å². The van der Waals surface area contributed by atoms with Crippen LogP contribution in [0.5, 0.6) is 0 Å². The zero-order chi connectivity index (χ0) is 30.7. The second-order valence-corrected chi connectivity index (χ2v) is 11.9. The number of fused-ring (bicyclic) bond motifs is 3. The molecule has 0 saturated carbocycles. The van der Waals surface area contributed by atoms with Crippen LogP contribution < -0.4 is 0 Å². The van der Waals surface area contributed by atoms with Crippen molar-refractivity contribution in [2.45, 2.75) is 72.0 Å². The Hall–Kier alpha value is -4.59. The van der Waals surface area contributed by atoms with Crippen molar-refractivity contribution in [3.05, 3.63) is 105 Å². The summed E-state index contributed by atoms with van der Waals surface area (Å²) in [5, 5.41) is 0. The molecule has 2 aromatic heterocycles. The largest absolute Gasteiger partial charge is 0.469 e. The van der Waals surface area contributed by atoms with Crippen LogP contribution >= 0.6 is 0 Å². The highest BCUT2D eigenvalue weighted by atomic mass is 16.6. The zero-order valence-electron chi connectivity index (χ0n) is 25.4. The number of aromatic amines is 2. The van der Waals surface area contributed by atoms with Crippen molar-refractivity contribution in [3.8, 4) is 11.1 Å². The molecule has 0 aliphatic heterocycles. The lowest BCUT2D eigenvalue weighted by molar-refractivity contribution is -0.140. The fourth-order valence-electron chi connectivity index (χ4n) is 5.73. The van der Waals surface area contributed by atoms with E-state index in [4.69, 9.17) is 14.2 Å². The molecule has 0 spiro atoms. The van der Waals surface area contributed by atoms with Gasteiger partial charge in [-0.15, -0.1) is 0 Å². The molecule has 0 amide bonds. The van der Waals surface area contributed by atoms with Gasteiger partial charge in [0.1, 0.15) is 23.6 Å². The second kappa shape index (κ2) is 12.3. The number of H-pyrrole nitrogens is 2. The molecular weight excluding hydrogens is 544 g/mol. The third-order valence-electron chi connectivity index (χ3n) is 7.77. The summed E-state index contributed by atoms with van der Waals surface area (Å²) in [5.41, 5.74) is 8.38. The van der Waals surface area contributed by atoms with Crippen molar-refractivity contribution in [1.29, 1.82) is 0 Å². The van der Waals surface area contributed by atoms with Crippen molar-refractivity contribution in [1.82, 2.24) is 9.97 Å². The standard InChI is InChI=1S/C35H38N2O6/c1-21-24(17-18-29(38)41-5)27(36-31(21)34(40)43-35(2,3)4)19-28-26-16-15-23-13-9-10-14-25(23)30(26)32(37-28)33(39)42-20-22-11-7-6-8-12-22/h6-14,36-37H,15-20H2,1-5H3. The van der Waals surface area contributed by atoms with Crippen molar-refractivity contribution in [2.24, 2.45) is 0 Å². The summed E-state index contributed by atoms with van der Waals surface area (Å²) in [7, 11) is 1.36. The molecule has 0 fully saturated rings. The Morgan fingerprint density at radius 1 is 0.860 bits per heavy atom. The first-order valence-electron chi connectivity index (χ1n) is 14.6. The Morgan fingerprint density at radius 2 is 1.56 bits per heavy atom. The maximum atomic E-state index is 13.5. The monoisotopic (exact) mass is 582 g/mol. The summed E-state index contributed by atoms with van der Waals surface area (Å²) in [5.74, 6) is -1.21. The number of carbonyl (C=O) groups excluding carboxylic acids is 3. The van der Waals surface area contributed by atoms with Gasteiger partial charge in [0.05, 0.1) is 7.11 Å². The second-order valence-electron chi connectivity index (χ2n) is 11.9. The highest BCUT2D eigenvalue weighted by Crippen LogP contribution is 2.39. The van der Waals surface area contributed by atoms with Gasteiger partial charge < -0.3 is 24.2 Å². The van der Waals surface area contributed by atoms with Gasteiger partial charge >= 0.3 is 17.9 Å². The Labute approximate surface area is 251 Å². The number of ether oxygens (including phenoxy) is 3. The van der Waals surface area contributed by atoms with E-state index in [1.807, 2.05) is 76.2 Å². The molecule has 0 bridgehead atoms. The fraction of sp³-hybridized carbons (Fsp3) is 0.343. The highest BCUT2D eigenvalue weighted by Gasteiger charge is 2.30. The maximum Gasteiger partial charge on any atom is 0.355 e. The van der Waals surface area contributed by atoms with Crippen molar-refractivity contribution in [2.75, 3.05) is 7.11 Å². The summed E-state index contributed by atoms with van der Waals surface area (Å²) in [6, 6.07) is 17.7. The number of methoxy groups -OCH3 is 1. The normalized spacial score (nSPS) is 12.3. The van der Waals surface area contributed by atoms with Gasteiger partial charge in [0.2, 0.25) is 0 Å². The average molecular weight is 583 g/mol. The topological polar surface area (TPSA) is 110 Å². The average Bonchev–Trinajstić information content (AvgIpc) is 3.51. The first kappa shape index (κ1) is 29.9. The summed E-state index contributed by atoms with van der Waals surface area (Å²) < 4.78 is 16.3. The molecule has 2 aromatic carbocycles. The van der Waals surface area contributed by atoms with Crippen LogP contribution in [0.15, 0.2) is 54.6 Å². The maximum absolute atomic E-state index is 13.5. The molecular formula is C35H38N2O6. The minimum atomic E-state index is -0.665. The predicted molar refractivity (Wildman–Crippen MR) is 163 cm³/mol. The molecule has 4 aromatic rings. The molecule has 5 rings (SSSR count).